The van der Waals surface area contributed by atoms with E-state index in [1.807, 2.05) is 24.7 Å². The van der Waals surface area contributed by atoms with E-state index in [1.165, 1.54) is 16.5 Å². The van der Waals surface area contributed by atoms with Gasteiger partial charge in [0, 0.05) is 10.9 Å². The number of para-hydroxylation sites is 1. The van der Waals surface area contributed by atoms with Gasteiger partial charge in [0.15, 0.2) is 0 Å². The molecule has 0 saturated heterocycles. The second-order valence-corrected chi connectivity index (χ2v) is 5.06. The minimum Gasteiger partial charge on any atom is -0.299 e. The molecule has 1 aromatic carbocycles. The third kappa shape index (κ3) is 1.83. The van der Waals surface area contributed by atoms with Crippen LogP contribution in [0.3, 0.4) is 0 Å². The Balaban J connectivity index is 2.47. The van der Waals surface area contributed by atoms with Crippen LogP contribution in [-0.2, 0) is 0 Å². The molecule has 0 atom stereocenters. The van der Waals surface area contributed by atoms with E-state index < -0.39 is 0 Å². The van der Waals surface area contributed by atoms with Gasteiger partial charge in [0.05, 0.1) is 22.9 Å². The highest BCUT2D eigenvalue weighted by molar-refractivity contribution is 7.12. The van der Waals surface area contributed by atoms with Crippen molar-refractivity contribution in [1.29, 1.82) is 0 Å². The van der Waals surface area contributed by atoms with Gasteiger partial charge >= 0.3 is 0 Å². The largest absolute Gasteiger partial charge is 0.299 e. The Kier molecular flexibility index (Phi) is 3.05. The van der Waals surface area contributed by atoms with Gasteiger partial charge in [-0.1, -0.05) is 36.9 Å². The molecule has 0 saturated carbocycles. The van der Waals surface area contributed by atoms with Crippen molar-refractivity contribution in [3.05, 3.63) is 59.9 Å². The highest BCUT2D eigenvalue weighted by Crippen LogP contribution is 2.32. The van der Waals surface area contributed by atoms with E-state index in [9.17, 15) is 0 Å². The Morgan fingerprint density at radius 3 is 2.84 bits per heavy atom. The number of nitrogens with zero attached hydrogens (tertiary/aromatic N) is 2. The number of benzene rings is 1. The minimum atomic E-state index is 1.12. The fraction of sp³-hybridized carbons (Fsp3) is 0.0625. The molecule has 0 spiro atoms. The van der Waals surface area contributed by atoms with Crippen LogP contribution in [0.1, 0.15) is 18.2 Å². The molecule has 0 bridgehead atoms. The average molecular weight is 266 g/mol. The number of hydrogen-bond acceptors (Lipinski definition) is 2. The first-order chi connectivity index (χ1) is 9.36. The van der Waals surface area contributed by atoms with Crippen LogP contribution in [0.25, 0.3) is 28.1 Å². The number of rotatable bonds is 3. The Morgan fingerprint density at radius 1 is 1.32 bits per heavy atom. The van der Waals surface area contributed by atoms with E-state index in [-0.39, 0.29) is 0 Å². The van der Waals surface area contributed by atoms with Gasteiger partial charge in [-0.15, -0.1) is 11.3 Å². The van der Waals surface area contributed by atoms with E-state index in [4.69, 9.17) is 0 Å². The minimum absolute atomic E-state index is 1.12. The number of thiazole rings is 1. The predicted molar refractivity (Wildman–Crippen MR) is 83.7 cm³/mol. The molecular formula is C16H14N2S. The maximum Gasteiger partial charge on any atom is 0.120 e. The lowest BCUT2D eigenvalue weighted by Gasteiger charge is -2.04. The molecule has 0 amide bonds. The lowest BCUT2D eigenvalue weighted by atomic mass is 10.1. The maximum absolute atomic E-state index is 4.19. The van der Waals surface area contributed by atoms with Crippen molar-refractivity contribution in [1.82, 2.24) is 9.55 Å². The normalized spacial score (nSPS) is 11.4. The summed E-state index contributed by atoms with van der Waals surface area (Å²) in [5.41, 5.74) is 5.37. The van der Waals surface area contributed by atoms with Gasteiger partial charge in [-0.05, 0) is 19.1 Å². The van der Waals surface area contributed by atoms with Crippen molar-refractivity contribution in [2.45, 2.75) is 6.92 Å². The fourth-order valence-electron chi connectivity index (χ4n) is 2.38. The molecule has 3 rings (SSSR count). The quantitative estimate of drug-likeness (QED) is 0.668. The van der Waals surface area contributed by atoms with Gasteiger partial charge in [-0.3, -0.25) is 9.55 Å². The van der Waals surface area contributed by atoms with Crippen LogP contribution >= 0.6 is 11.3 Å². The molecule has 2 aromatic heterocycles. The fourth-order valence-corrected chi connectivity index (χ4v) is 3.03. The molecule has 2 nitrogen and oxygen atoms in total. The smallest absolute Gasteiger partial charge is 0.120 e. The van der Waals surface area contributed by atoms with Gasteiger partial charge in [-0.2, -0.15) is 0 Å². The summed E-state index contributed by atoms with van der Waals surface area (Å²) >= 11 is 1.64. The lowest BCUT2D eigenvalue weighted by Crippen LogP contribution is -1.93. The predicted octanol–water partition coefficient (Wildman–Crippen LogP) is 4.76. The highest BCUT2D eigenvalue weighted by atomic mass is 32.1. The Bertz CT molecular complexity index is 749. The summed E-state index contributed by atoms with van der Waals surface area (Å²) in [7, 11) is 0. The standard InChI is InChI=1S/C16H14N2S/c1-3-7-14-12(4-2)13-8-5-6-9-15(13)18(14)16-10-17-11-19-16/h3-11H,2H2,1H3/b7-3-. The Labute approximate surface area is 116 Å². The molecule has 0 aliphatic carbocycles. The summed E-state index contributed by atoms with van der Waals surface area (Å²) in [6.45, 7) is 5.99. The van der Waals surface area contributed by atoms with Crippen molar-refractivity contribution < 1.29 is 0 Å². The molecule has 0 aliphatic heterocycles. The van der Waals surface area contributed by atoms with Crippen LogP contribution in [0, 0.1) is 0 Å². The third-order valence-electron chi connectivity index (χ3n) is 3.12. The molecular weight excluding hydrogens is 252 g/mol. The van der Waals surface area contributed by atoms with E-state index in [2.05, 4.69) is 52.5 Å². The lowest BCUT2D eigenvalue weighted by molar-refractivity contribution is 1.13. The van der Waals surface area contributed by atoms with Gasteiger partial charge in [0.25, 0.3) is 0 Å². The zero-order valence-electron chi connectivity index (χ0n) is 10.7. The summed E-state index contributed by atoms with van der Waals surface area (Å²) in [5.74, 6) is 0. The summed E-state index contributed by atoms with van der Waals surface area (Å²) < 4.78 is 2.24. The summed E-state index contributed by atoms with van der Waals surface area (Å²) in [6, 6.07) is 8.39. The second-order valence-electron chi connectivity index (χ2n) is 4.20. The number of hydrogen-bond donors (Lipinski definition) is 0. The first-order valence-corrected chi connectivity index (χ1v) is 7.02. The molecule has 0 unspecified atom stereocenters. The van der Waals surface area contributed by atoms with Gasteiger partial charge in [-0.25, -0.2) is 0 Å². The maximum atomic E-state index is 4.19. The zero-order chi connectivity index (χ0) is 13.2. The molecule has 19 heavy (non-hydrogen) atoms. The van der Waals surface area contributed by atoms with Gasteiger partial charge in [0.1, 0.15) is 5.00 Å². The van der Waals surface area contributed by atoms with Crippen LogP contribution in [-0.4, -0.2) is 9.55 Å². The summed E-state index contributed by atoms with van der Waals surface area (Å²) in [4.78, 5) is 4.19. The molecule has 0 fully saturated rings. The molecule has 94 valence electrons. The molecule has 3 aromatic rings. The van der Waals surface area contributed by atoms with Crippen LogP contribution in [0.5, 0.6) is 0 Å². The monoisotopic (exact) mass is 266 g/mol. The molecule has 3 heteroatoms. The summed E-state index contributed by atoms with van der Waals surface area (Å²) in [5, 5.41) is 2.34. The Hall–Kier alpha value is -2.13. The number of allylic oxidation sites excluding steroid dienone is 1. The first-order valence-electron chi connectivity index (χ1n) is 6.14. The third-order valence-corrected chi connectivity index (χ3v) is 3.88. The molecule has 2 heterocycles. The topological polar surface area (TPSA) is 17.8 Å². The molecule has 0 N–H and O–H groups in total. The Morgan fingerprint density at radius 2 is 2.16 bits per heavy atom. The highest BCUT2D eigenvalue weighted by Gasteiger charge is 2.14. The van der Waals surface area contributed by atoms with Crippen molar-refractivity contribution in [2.75, 3.05) is 0 Å². The van der Waals surface area contributed by atoms with Crippen LogP contribution in [0.15, 0.2) is 48.6 Å². The van der Waals surface area contributed by atoms with Crippen LogP contribution in [0.4, 0.5) is 0 Å². The van der Waals surface area contributed by atoms with Crippen LogP contribution < -0.4 is 0 Å². The van der Waals surface area contributed by atoms with Gasteiger partial charge < -0.3 is 0 Å². The zero-order valence-corrected chi connectivity index (χ0v) is 11.5. The van der Waals surface area contributed by atoms with Crippen molar-refractivity contribution >= 4 is 34.4 Å². The van der Waals surface area contributed by atoms with E-state index >= 15 is 0 Å². The summed E-state index contributed by atoms with van der Waals surface area (Å²) in [6.07, 6.45) is 8.00. The molecule has 0 aliphatic rings. The van der Waals surface area contributed by atoms with E-state index in [0.29, 0.717) is 0 Å². The first kappa shape index (κ1) is 11.9. The average Bonchev–Trinajstić information content (AvgIpc) is 3.04. The van der Waals surface area contributed by atoms with E-state index in [0.717, 1.165) is 10.7 Å². The number of aromatic nitrogens is 2. The van der Waals surface area contributed by atoms with Crippen LogP contribution in [0.2, 0.25) is 0 Å². The van der Waals surface area contributed by atoms with Crippen molar-refractivity contribution in [3.8, 4) is 5.00 Å². The second kappa shape index (κ2) is 4.86. The van der Waals surface area contributed by atoms with Crippen molar-refractivity contribution in [2.24, 2.45) is 0 Å². The molecule has 0 radical (unpaired) electrons. The van der Waals surface area contributed by atoms with E-state index in [1.54, 1.807) is 11.3 Å². The number of fused-ring (bicyclic) bond motifs is 1. The van der Waals surface area contributed by atoms with Crippen molar-refractivity contribution in [3.63, 3.8) is 0 Å². The SMILES string of the molecule is C=Cc1c(/C=C\C)n(-c2cncs2)c2ccccc12. The van der Waals surface area contributed by atoms with Gasteiger partial charge in [0.2, 0.25) is 0 Å².